The first-order valence-corrected chi connectivity index (χ1v) is 10.2. The molecular formula is C22H17ClF3N5O3. The van der Waals surface area contributed by atoms with Crippen LogP contribution in [0.4, 0.5) is 13.2 Å². The fourth-order valence-electron chi connectivity index (χ4n) is 3.25. The highest BCUT2D eigenvalue weighted by molar-refractivity contribution is 6.36. The number of aromatic nitrogens is 4. The molecule has 0 atom stereocenters. The predicted octanol–water partition coefficient (Wildman–Crippen LogP) is 4.41. The molecule has 0 aliphatic heterocycles. The molecule has 0 saturated heterocycles. The van der Waals surface area contributed by atoms with Crippen molar-refractivity contribution in [3.63, 3.8) is 0 Å². The van der Waals surface area contributed by atoms with E-state index >= 15 is 0 Å². The van der Waals surface area contributed by atoms with Crippen molar-refractivity contribution in [2.75, 3.05) is 14.2 Å². The van der Waals surface area contributed by atoms with Gasteiger partial charge in [-0.15, -0.1) is 0 Å². The highest BCUT2D eigenvalue weighted by Crippen LogP contribution is 2.37. The highest BCUT2D eigenvalue weighted by atomic mass is 35.5. The minimum Gasteiger partial charge on any atom is -0.493 e. The average Bonchev–Trinajstić information content (AvgIpc) is 3.17. The molecule has 0 saturated carbocycles. The third kappa shape index (κ3) is 4.46. The van der Waals surface area contributed by atoms with Crippen LogP contribution in [0.15, 0.2) is 48.8 Å². The van der Waals surface area contributed by atoms with E-state index in [1.54, 1.807) is 30.6 Å². The van der Waals surface area contributed by atoms with Gasteiger partial charge in [-0.3, -0.25) is 9.78 Å². The minimum atomic E-state index is -4.80. The summed E-state index contributed by atoms with van der Waals surface area (Å²) >= 11 is 6.29. The number of nitrogens with one attached hydrogen (secondary N) is 1. The Morgan fingerprint density at radius 3 is 2.56 bits per heavy atom. The molecule has 3 aromatic heterocycles. The molecule has 1 amide bonds. The second kappa shape index (κ2) is 9.18. The van der Waals surface area contributed by atoms with Gasteiger partial charge in [-0.2, -0.15) is 18.3 Å². The van der Waals surface area contributed by atoms with E-state index in [1.165, 1.54) is 26.4 Å². The fraction of sp³-hybridized carbons (Fsp3) is 0.182. The van der Waals surface area contributed by atoms with E-state index in [0.29, 0.717) is 27.1 Å². The van der Waals surface area contributed by atoms with Crippen LogP contribution in [0.3, 0.4) is 0 Å². The largest absolute Gasteiger partial charge is 0.493 e. The Morgan fingerprint density at radius 2 is 1.91 bits per heavy atom. The van der Waals surface area contributed by atoms with Gasteiger partial charge < -0.3 is 14.8 Å². The summed E-state index contributed by atoms with van der Waals surface area (Å²) in [5, 5.41) is 6.08. The van der Waals surface area contributed by atoms with E-state index in [0.717, 1.165) is 6.07 Å². The molecule has 8 nitrogen and oxygen atoms in total. The van der Waals surface area contributed by atoms with Gasteiger partial charge in [0, 0.05) is 24.5 Å². The van der Waals surface area contributed by atoms with Gasteiger partial charge in [0.25, 0.3) is 5.91 Å². The zero-order valence-electron chi connectivity index (χ0n) is 17.9. The Labute approximate surface area is 196 Å². The third-order valence-electron chi connectivity index (χ3n) is 4.89. The summed E-state index contributed by atoms with van der Waals surface area (Å²) in [5.74, 6) is -0.0382. The lowest BCUT2D eigenvalue weighted by Gasteiger charge is -2.12. The van der Waals surface area contributed by atoms with Crippen LogP contribution >= 0.6 is 11.6 Å². The summed E-state index contributed by atoms with van der Waals surface area (Å²) in [6, 6.07) is 8.82. The Morgan fingerprint density at radius 1 is 1.15 bits per heavy atom. The molecule has 34 heavy (non-hydrogen) atoms. The van der Waals surface area contributed by atoms with Gasteiger partial charge in [0.1, 0.15) is 5.02 Å². The molecule has 1 aromatic carbocycles. The van der Waals surface area contributed by atoms with Crippen LogP contribution in [0.25, 0.3) is 16.9 Å². The van der Waals surface area contributed by atoms with Gasteiger partial charge in [0.15, 0.2) is 28.5 Å². The van der Waals surface area contributed by atoms with Crippen molar-refractivity contribution < 1.29 is 27.4 Å². The van der Waals surface area contributed by atoms with E-state index in [1.807, 2.05) is 0 Å². The molecule has 1 N–H and O–H groups in total. The zero-order chi connectivity index (χ0) is 24.5. The summed E-state index contributed by atoms with van der Waals surface area (Å²) in [6.45, 7) is 0.0906. The molecule has 0 radical (unpaired) electrons. The number of hydrogen-bond donors (Lipinski definition) is 1. The number of pyridine rings is 1. The lowest BCUT2D eigenvalue weighted by molar-refractivity contribution is -0.142. The van der Waals surface area contributed by atoms with Crippen molar-refractivity contribution in [2.24, 2.45) is 0 Å². The molecule has 0 aliphatic carbocycles. The van der Waals surface area contributed by atoms with Gasteiger partial charge in [0.05, 0.1) is 19.9 Å². The number of alkyl halides is 3. The number of ether oxygens (including phenoxy) is 2. The molecular weight excluding hydrogens is 475 g/mol. The van der Waals surface area contributed by atoms with Crippen molar-refractivity contribution in [1.82, 2.24) is 24.9 Å². The molecule has 0 aliphatic rings. The number of amides is 1. The van der Waals surface area contributed by atoms with Gasteiger partial charge >= 0.3 is 6.18 Å². The summed E-state index contributed by atoms with van der Waals surface area (Å²) in [7, 11) is 2.85. The summed E-state index contributed by atoms with van der Waals surface area (Å²) < 4.78 is 52.6. The number of hydrogen-bond acceptors (Lipinski definition) is 6. The van der Waals surface area contributed by atoms with Gasteiger partial charge in [-0.05, 0) is 35.9 Å². The quantitative estimate of drug-likeness (QED) is 0.429. The number of fused-ring (bicyclic) bond motifs is 1. The lowest BCUT2D eigenvalue weighted by Crippen LogP contribution is -2.23. The fourth-order valence-corrected chi connectivity index (χ4v) is 3.50. The molecule has 0 spiro atoms. The van der Waals surface area contributed by atoms with E-state index < -0.39 is 17.8 Å². The van der Waals surface area contributed by atoms with E-state index in [-0.39, 0.29) is 28.6 Å². The normalized spacial score (nSPS) is 11.5. The Kier molecular flexibility index (Phi) is 6.29. The summed E-state index contributed by atoms with van der Waals surface area (Å²) in [4.78, 5) is 20.8. The molecule has 176 valence electrons. The molecule has 12 heteroatoms. The molecule has 4 aromatic rings. The van der Waals surface area contributed by atoms with Crippen molar-refractivity contribution in [3.05, 3.63) is 70.8 Å². The average molecular weight is 492 g/mol. The maximum atomic E-state index is 13.9. The maximum absolute atomic E-state index is 13.9. The molecule has 0 bridgehead atoms. The number of benzene rings is 1. The van der Waals surface area contributed by atoms with Crippen LogP contribution in [0.2, 0.25) is 5.02 Å². The predicted molar refractivity (Wildman–Crippen MR) is 117 cm³/mol. The summed E-state index contributed by atoms with van der Waals surface area (Å²) in [6.07, 6.45) is -1.68. The lowest BCUT2D eigenvalue weighted by atomic mass is 10.1. The van der Waals surface area contributed by atoms with Gasteiger partial charge in [-0.25, -0.2) is 9.50 Å². The zero-order valence-corrected chi connectivity index (χ0v) is 18.6. The van der Waals surface area contributed by atoms with E-state index in [2.05, 4.69) is 20.4 Å². The highest BCUT2D eigenvalue weighted by Gasteiger charge is 2.36. The molecule has 0 unspecified atom stereocenters. The number of carbonyl (C=O) groups is 1. The van der Waals surface area contributed by atoms with Crippen LogP contribution in [-0.4, -0.2) is 39.7 Å². The number of methoxy groups -OCH3 is 2. The molecule has 4 rings (SSSR count). The standard InChI is InChI=1S/C22H17ClF3N5O3/c1-33-15-6-5-13(8-16(15)34-2)14-9-17(22(24,25)26)31-20(29-14)18(23)19(30-31)21(32)28-11-12-4-3-7-27-10-12/h3-10H,11H2,1-2H3,(H,28,32). The van der Waals surface area contributed by atoms with Gasteiger partial charge in [-0.1, -0.05) is 17.7 Å². The van der Waals surface area contributed by atoms with Crippen LogP contribution < -0.4 is 14.8 Å². The van der Waals surface area contributed by atoms with Crippen LogP contribution in [0.5, 0.6) is 11.5 Å². The first-order valence-electron chi connectivity index (χ1n) is 9.79. The van der Waals surface area contributed by atoms with Crippen LogP contribution in [0.1, 0.15) is 21.7 Å². The van der Waals surface area contributed by atoms with Crippen LogP contribution in [-0.2, 0) is 12.7 Å². The molecule has 3 heterocycles. The number of nitrogens with zero attached hydrogens (tertiary/aromatic N) is 4. The van der Waals surface area contributed by atoms with Crippen molar-refractivity contribution in [2.45, 2.75) is 12.7 Å². The maximum Gasteiger partial charge on any atom is 0.433 e. The summed E-state index contributed by atoms with van der Waals surface area (Å²) in [5.41, 5.74) is -0.854. The van der Waals surface area contributed by atoms with Crippen molar-refractivity contribution >= 4 is 23.2 Å². The van der Waals surface area contributed by atoms with Gasteiger partial charge in [0.2, 0.25) is 0 Å². The Bertz CT molecular complexity index is 1360. The third-order valence-corrected chi connectivity index (χ3v) is 5.24. The SMILES string of the molecule is COc1ccc(-c2cc(C(F)(F)F)n3nc(C(=O)NCc4cccnc4)c(Cl)c3n2)cc1OC. The number of carbonyl (C=O) groups excluding carboxylic acids is 1. The second-order valence-electron chi connectivity index (χ2n) is 7.04. The van der Waals surface area contributed by atoms with Crippen LogP contribution in [0, 0.1) is 0 Å². The topological polar surface area (TPSA) is 90.6 Å². The smallest absolute Gasteiger partial charge is 0.433 e. The monoisotopic (exact) mass is 491 g/mol. The Hall–Kier alpha value is -3.86. The minimum absolute atomic E-state index is 0.0371. The second-order valence-corrected chi connectivity index (χ2v) is 7.41. The van der Waals surface area contributed by atoms with E-state index in [9.17, 15) is 18.0 Å². The molecule has 0 fully saturated rings. The van der Waals surface area contributed by atoms with Crippen molar-refractivity contribution in [1.29, 1.82) is 0 Å². The number of halogens is 4. The first-order chi connectivity index (χ1) is 16.2. The Balaban J connectivity index is 1.79. The van der Waals surface area contributed by atoms with E-state index in [4.69, 9.17) is 21.1 Å². The van der Waals surface area contributed by atoms with Crippen molar-refractivity contribution in [3.8, 4) is 22.8 Å². The number of rotatable bonds is 6. The first kappa shape index (κ1) is 23.3.